The number of morpholine rings is 1. The molecule has 21 heavy (non-hydrogen) atoms. The highest BCUT2D eigenvalue weighted by Crippen LogP contribution is 2.26. The number of aromatic nitrogens is 1. The van der Waals surface area contributed by atoms with Crippen molar-refractivity contribution in [3.8, 4) is 0 Å². The van der Waals surface area contributed by atoms with Crippen LogP contribution in [-0.4, -0.2) is 47.5 Å². The van der Waals surface area contributed by atoms with E-state index >= 15 is 0 Å². The van der Waals surface area contributed by atoms with Gasteiger partial charge < -0.3 is 4.74 Å². The molecule has 0 bridgehead atoms. The Morgan fingerprint density at radius 1 is 1.24 bits per heavy atom. The number of fused-ring (bicyclic) bond motifs is 1. The molecule has 1 aliphatic heterocycles. The Morgan fingerprint density at radius 3 is 2.76 bits per heavy atom. The van der Waals surface area contributed by atoms with Crippen LogP contribution in [0.1, 0.15) is 24.2 Å². The maximum Gasteiger partial charge on any atom is 0.183 e. The Labute approximate surface area is 124 Å². The number of hydrogen-bond donors (Lipinski definition) is 0. The number of Topliss-reactive ketones (excluding diaryl/α,β-unsaturated/α-hetero) is 1. The van der Waals surface area contributed by atoms with Gasteiger partial charge in [0, 0.05) is 36.4 Å². The molecule has 110 valence electrons. The van der Waals surface area contributed by atoms with Gasteiger partial charge in [-0.1, -0.05) is 18.2 Å². The van der Waals surface area contributed by atoms with Gasteiger partial charge in [-0.15, -0.1) is 0 Å². The van der Waals surface area contributed by atoms with Crippen molar-refractivity contribution in [2.24, 2.45) is 0 Å². The van der Waals surface area contributed by atoms with Gasteiger partial charge in [0.05, 0.1) is 18.8 Å². The number of carbonyl (C=O) groups excluding carboxylic acids is 1. The van der Waals surface area contributed by atoms with Crippen LogP contribution in [0.5, 0.6) is 0 Å². The SMILES string of the molecule is CC(C)(C(=O)c1cccc2ccncc12)N1CCOCC1. The monoisotopic (exact) mass is 284 g/mol. The van der Waals surface area contributed by atoms with E-state index in [4.69, 9.17) is 4.74 Å². The first kappa shape index (κ1) is 14.2. The van der Waals surface area contributed by atoms with Crippen LogP contribution in [-0.2, 0) is 4.74 Å². The number of rotatable bonds is 3. The molecule has 4 heteroatoms. The van der Waals surface area contributed by atoms with Crippen molar-refractivity contribution in [2.45, 2.75) is 19.4 Å². The van der Waals surface area contributed by atoms with Crippen LogP contribution in [0.15, 0.2) is 36.7 Å². The minimum atomic E-state index is -0.534. The largest absolute Gasteiger partial charge is 0.379 e. The smallest absolute Gasteiger partial charge is 0.183 e. The average Bonchev–Trinajstić information content (AvgIpc) is 2.54. The third kappa shape index (κ3) is 2.57. The summed E-state index contributed by atoms with van der Waals surface area (Å²) in [7, 11) is 0. The molecule has 0 unspecified atom stereocenters. The molecule has 0 radical (unpaired) electrons. The fourth-order valence-corrected chi connectivity index (χ4v) is 2.91. The average molecular weight is 284 g/mol. The highest BCUT2D eigenvalue weighted by atomic mass is 16.5. The maximum atomic E-state index is 13.1. The van der Waals surface area contributed by atoms with Crippen LogP contribution < -0.4 is 0 Å². The predicted molar refractivity (Wildman–Crippen MR) is 82.5 cm³/mol. The highest BCUT2D eigenvalue weighted by Gasteiger charge is 2.36. The Bertz CT molecular complexity index is 655. The lowest BCUT2D eigenvalue weighted by molar-refractivity contribution is -0.00423. The van der Waals surface area contributed by atoms with Crippen molar-refractivity contribution in [2.75, 3.05) is 26.3 Å². The summed E-state index contributed by atoms with van der Waals surface area (Å²) in [5, 5.41) is 1.97. The Balaban J connectivity index is 1.99. The minimum Gasteiger partial charge on any atom is -0.379 e. The van der Waals surface area contributed by atoms with Gasteiger partial charge in [0.2, 0.25) is 0 Å². The quantitative estimate of drug-likeness (QED) is 0.812. The molecule has 2 aromatic rings. The van der Waals surface area contributed by atoms with Crippen LogP contribution in [0.4, 0.5) is 0 Å². The lowest BCUT2D eigenvalue weighted by atomic mass is 9.88. The van der Waals surface area contributed by atoms with Gasteiger partial charge in [-0.3, -0.25) is 14.7 Å². The lowest BCUT2D eigenvalue weighted by Crippen LogP contribution is -2.54. The van der Waals surface area contributed by atoms with E-state index in [1.165, 1.54) is 0 Å². The van der Waals surface area contributed by atoms with Gasteiger partial charge in [-0.2, -0.15) is 0 Å². The van der Waals surface area contributed by atoms with Crippen molar-refractivity contribution in [1.29, 1.82) is 0 Å². The standard InChI is InChI=1S/C17H20N2O2/c1-17(2,19-8-10-21-11-9-19)16(20)14-5-3-4-13-6-7-18-12-15(13)14/h3-7,12H,8-11H2,1-2H3. The summed E-state index contributed by atoms with van der Waals surface area (Å²) in [6, 6.07) is 7.78. The van der Waals surface area contributed by atoms with Gasteiger partial charge in [-0.05, 0) is 25.3 Å². The molecule has 0 N–H and O–H groups in total. The van der Waals surface area contributed by atoms with Gasteiger partial charge in [-0.25, -0.2) is 0 Å². The van der Waals surface area contributed by atoms with Crippen molar-refractivity contribution >= 4 is 16.6 Å². The molecule has 3 rings (SSSR count). The zero-order valence-corrected chi connectivity index (χ0v) is 12.5. The topological polar surface area (TPSA) is 42.4 Å². The van der Waals surface area contributed by atoms with E-state index in [0.717, 1.165) is 29.4 Å². The number of ether oxygens (including phenoxy) is 1. The number of benzene rings is 1. The Hall–Kier alpha value is -1.78. The van der Waals surface area contributed by atoms with Crippen LogP contribution in [0.2, 0.25) is 0 Å². The molecular formula is C17H20N2O2. The van der Waals surface area contributed by atoms with Crippen molar-refractivity contribution in [3.05, 3.63) is 42.2 Å². The van der Waals surface area contributed by atoms with Crippen LogP contribution in [0.3, 0.4) is 0 Å². The molecule has 1 fully saturated rings. The van der Waals surface area contributed by atoms with E-state index in [1.807, 2.05) is 38.1 Å². The summed E-state index contributed by atoms with van der Waals surface area (Å²) in [4.78, 5) is 19.4. The summed E-state index contributed by atoms with van der Waals surface area (Å²) in [5.74, 6) is 0.142. The second kappa shape index (κ2) is 5.54. The number of pyridine rings is 1. The van der Waals surface area contributed by atoms with Gasteiger partial charge in [0.25, 0.3) is 0 Å². The first-order valence-electron chi connectivity index (χ1n) is 7.31. The maximum absolute atomic E-state index is 13.1. The molecule has 1 aliphatic rings. The molecule has 1 aromatic heterocycles. The molecule has 1 saturated heterocycles. The number of carbonyl (C=O) groups is 1. The summed E-state index contributed by atoms with van der Waals surface area (Å²) < 4.78 is 5.39. The molecule has 0 spiro atoms. The Kier molecular flexibility index (Phi) is 3.74. The van der Waals surface area contributed by atoms with Gasteiger partial charge in [0.15, 0.2) is 5.78 Å². The zero-order chi connectivity index (χ0) is 14.9. The zero-order valence-electron chi connectivity index (χ0n) is 12.5. The number of ketones is 1. The molecule has 0 atom stereocenters. The fraction of sp³-hybridized carbons (Fsp3) is 0.412. The summed E-state index contributed by atoms with van der Waals surface area (Å²) in [5.41, 5.74) is 0.213. The summed E-state index contributed by atoms with van der Waals surface area (Å²) in [6.07, 6.45) is 3.53. The van der Waals surface area contributed by atoms with E-state index in [-0.39, 0.29) is 5.78 Å². The summed E-state index contributed by atoms with van der Waals surface area (Å²) in [6.45, 7) is 6.96. The Morgan fingerprint density at radius 2 is 2.00 bits per heavy atom. The third-order valence-corrected chi connectivity index (χ3v) is 4.29. The molecule has 0 aliphatic carbocycles. The second-order valence-corrected chi connectivity index (χ2v) is 5.89. The van der Waals surface area contributed by atoms with E-state index in [2.05, 4.69) is 9.88 Å². The molecule has 4 nitrogen and oxygen atoms in total. The van der Waals surface area contributed by atoms with E-state index < -0.39 is 5.54 Å². The van der Waals surface area contributed by atoms with Gasteiger partial charge >= 0.3 is 0 Å². The third-order valence-electron chi connectivity index (χ3n) is 4.29. The minimum absolute atomic E-state index is 0.142. The first-order valence-corrected chi connectivity index (χ1v) is 7.31. The first-order chi connectivity index (χ1) is 10.1. The second-order valence-electron chi connectivity index (χ2n) is 5.89. The predicted octanol–water partition coefficient (Wildman–Crippen LogP) is 2.53. The van der Waals surface area contributed by atoms with Crippen LogP contribution >= 0.6 is 0 Å². The van der Waals surface area contributed by atoms with Crippen LogP contribution in [0.25, 0.3) is 10.8 Å². The molecule has 0 saturated carbocycles. The van der Waals surface area contributed by atoms with Crippen LogP contribution in [0, 0.1) is 0 Å². The molecule has 2 heterocycles. The van der Waals surface area contributed by atoms with Crippen molar-refractivity contribution in [3.63, 3.8) is 0 Å². The molecular weight excluding hydrogens is 264 g/mol. The van der Waals surface area contributed by atoms with E-state index in [9.17, 15) is 4.79 Å². The highest BCUT2D eigenvalue weighted by molar-refractivity contribution is 6.11. The number of nitrogens with zero attached hydrogens (tertiary/aromatic N) is 2. The molecule has 0 amide bonds. The normalized spacial score (nSPS) is 17.0. The van der Waals surface area contributed by atoms with E-state index in [0.29, 0.717) is 13.2 Å². The van der Waals surface area contributed by atoms with Crippen molar-refractivity contribution < 1.29 is 9.53 Å². The summed E-state index contributed by atoms with van der Waals surface area (Å²) >= 11 is 0. The van der Waals surface area contributed by atoms with Gasteiger partial charge in [0.1, 0.15) is 0 Å². The van der Waals surface area contributed by atoms with E-state index in [1.54, 1.807) is 12.4 Å². The number of hydrogen-bond acceptors (Lipinski definition) is 4. The molecule has 1 aromatic carbocycles. The lowest BCUT2D eigenvalue weighted by Gasteiger charge is -2.39. The van der Waals surface area contributed by atoms with Crippen molar-refractivity contribution in [1.82, 2.24) is 9.88 Å². The fourth-order valence-electron chi connectivity index (χ4n) is 2.91.